The molecule has 5 nitrogen and oxygen atoms in total. The number of piperazine rings is 1. The summed E-state index contributed by atoms with van der Waals surface area (Å²) in [6.07, 6.45) is 0. The maximum Gasteiger partial charge on any atom is 0.260 e. The zero-order valence-corrected chi connectivity index (χ0v) is 14.1. The quantitative estimate of drug-likeness (QED) is 0.891. The number of ether oxygens (including phenoxy) is 1. The van der Waals surface area contributed by atoms with Gasteiger partial charge in [-0.25, -0.2) is 0 Å². The molecule has 116 valence electrons. The summed E-state index contributed by atoms with van der Waals surface area (Å²) in [5.74, 6) is 0.695. The van der Waals surface area contributed by atoms with Gasteiger partial charge in [0, 0.05) is 42.3 Å². The molecule has 0 spiro atoms. The van der Waals surface area contributed by atoms with Crippen molar-refractivity contribution < 1.29 is 9.53 Å². The molecule has 0 radical (unpaired) electrons. The van der Waals surface area contributed by atoms with E-state index in [1.54, 1.807) is 0 Å². The minimum Gasteiger partial charge on any atom is -0.483 e. The molecule has 1 aliphatic rings. The van der Waals surface area contributed by atoms with Crippen molar-refractivity contribution in [1.82, 2.24) is 9.80 Å². The van der Waals surface area contributed by atoms with Crippen LogP contribution in [0.3, 0.4) is 0 Å². The zero-order valence-electron chi connectivity index (χ0n) is 12.5. The van der Waals surface area contributed by atoms with Crippen LogP contribution in [0, 0.1) is 0 Å². The monoisotopic (exact) mass is 355 g/mol. The van der Waals surface area contributed by atoms with Gasteiger partial charge in [0.1, 0.15) is 5.75 Å². The minimum atomic E-state index is -0.133. The highest BCUT2D eigenvalue weighted by molar-refractivity contribution is 9.10. The molecular weight excluding hydrogens is 334 g/mol. The van der Waals surface area contributed by atoms with Crippen LogP contribution in [0.4, 0.5) is 0 Å². The summed E-state index contributed by atoms with van der Waals surface area (Å²) in [7, 11) is 2.06. The van der Waals surface area contributed by atoms with Gasteiger partial charge in [0.05, 0.1) is 0 Å². The number of nitrogens with two attached hydrogens (primary N) is 1. The van der Waals surface area contributed by atoms with E-state index < -0.39 is 0 Å². The van der Waals surface area contributed by atoms with Gasteiger partial charge >= 0.3 is 0 Å². The molecule has 1 aliphatic heterocycles. The fourth-order valence-electron chi connectivity index (χ4n) is 2.30. The van der Waals surface area contributed by atoms with Crippen LogP contribution in [0.1, 0.15) is 18.5 Å². The van der Waals surface area contributed by atoms with E-state index in [0.717, 1.165) is 36.2 Å². The number of likely N-dealkylation sites (N-methyl/N-ethyl adjacent to an activating group) is 1. The highest BCUT2D eigenvalue weighted by Gasteiger charge is 2.20. The van der Waals surface area contributed by atoms with Crippen LogP contribution >= 0.6 is 15.9 Å². The molecule has 1 aromatic carbocycles. The fraction of sp³-hybridized carbons (Fsp3) is 0.533. The lowest BCUT2D eigenvalue weighted by Gasteiger charge is -2.32. The van der Waals surface area contributed by atoms with Gasteiger partial charge in [-0.05, 0) is 26.1 Å². The van der Waals surface area contributed by atoms with Crippen LogP contribution in [0.15, 0.2) is 22.7 Å². The third-order valence-corrected chi connectivity index (χ3v) is 4.17. The lowest BCUT2D eigenvalue weighted by molar-refractivity contribution is -0.134. The highest BCUT2D eigenvalue weighted by Crippen LogP contribution is 2.27. The second kappa shape index (κ2) is 7.24. The summed E-state index contributed by atoms with van der Waals surface area (Å²) in [6.45, 7) is 5.30. The number of nitrogens with zero attached hydrogens (tertiary/aromatic N) is 2. The van der Waals surface area contributed by atoms with Crippen LogP contribution < -0.4 is 10.5 Å². The van der Waals surface area contributed by atoms with Crippen LogP contribution in [-0.4, -0.2) is 55.5 Å². The Kier molecular flexibility index (Phi) is 5.61. The van der Waals surface area contributed by atoms with Gasteiger partial charge in [-0.15, -0.1) is 0 Å². The number of carbonyl (C=O) groups is 1. The van der Waals surface area contributed by atoms with Gasteiger partial charge in [-0.1, -0.05) is 22.0 Å². The lowest BCUT2D eigenvalue weighted by atomic mass is 10.1. The van der Waals surface area contributed by atoms with Gasteiger partial charge in [-0.3, -0.25) is 4.79 Å². The second-order valence-electron chi connectivity index (χ2n) is 5.44. The molecule has 21 heavy (non-hydrogen) atoms. The summed E-state index contributed by atoms with van der Waals surface area (Å²) in [5, 5.41) is 0. The molecule has 2 rings (SSSR count). The summed E-state index contributed by atoms with van der Waals surface area (Å²) >= 11 is 3.41. The summed E-state index contributed by atoms with van der Waals surface area (Å²) in [6, 6.07) is 5.57. The summed E-state index contributed by atoms with van der Waals surface area (Å²) < 4.78 is 6.62. The zero-order chi connectivity index (χ0) is 15.4. The number of hydrogen-bond donors (Lipinski definition) is 1. The Hall–Kier alpha value is -1.11. The van der Waals surface area contributed by atoms with Crippen molar-refractivity contribution in [2.45, 2.75) is 13.0 Å². The van der Waals surface area contributed by atoms with Crippen LogP contribution in [0.25, 0.3) is 0 Å². The number of halogens is 1. The van der Waals surface area contributed by atoms with E-state index in [9.17, 15) is 4.79 Å². The average Bonchev–Trinajstić information content (AvgIpc) is 2.45. The Balaban J connectivity index is 1.96. The molecule has 1 amide bonds. The predicted octanol–water partition coefficient (Wildman–Crippen LogP) is 1.62. The van der Waals surface area contributed by atoms with Crippen molar-refractivity contribution in [3.63, 3.8) is 0 Å². The molecule has 1 heterocycles. The second-order valence-corrected chi connectivity index (χ2v) is 6.36. The molecule has 0 aliphatic carbocycles. The number of carbonyl (C=O) groups excluding carboxylic acids is 1. The molecular formula is C15H22BrN3O2. The molecule has 1 aromatic rings. The SMILES string of the molecule is C[C@H](N)c1ccc(Br)cc1OCC(=O)N1CCN(C)CC1. The van der Waals surface area contributed by atoms with Gasteiger partial charge < -0.3 is 20.3 Å². The molecule has 0 bridgehead atoms. The smallest absolute Gasteiger partial charge is 0.260 e. The van der Waals surface area contributed by atoms with Crippen molar-refractivity contribution in [2.24, 2.45) is 5.73 Å². The molecule has 0 aromatic heterocycles. The van der Waals surface area contributed by atoms with Gasteiger partial charge in [0.15, 0.2) is 6.61 Å². The van der Waals surface area contributed by atoms with Crippen molar-refractivity contribution in [1.29, 1.82) is 0 Å². The number of amides is 1. The maximum atomic E-state index is 12.2. The maximum absolute atomic E-state index is 12.2. The third-order valence-electron chi connectivity index (χ3n) is 3.67. The molecule has 2 N–H and O–H groups in total. The molecule has 0 unspecified atom stereocenters. The highest BCUT2D eigenvalue weighted by atomic mass is 79.9. The summed E-state index contributed by atoms with van der Waals surface area (Å²) in [4.78, 5) is 16.2. The van der Waals surface area contributed by atoms with E-state index in [1.165, 1.54) is 0 Å². The molecule has 1 saturated heterocycles. The van der Waals surface area contributed by atoms with E-state index in [0.29, 0.717) is 5.75 Å². The van der Waals surface area contributed by atoms with Crippen LogP contribution in [-0.2, 0) is 4.79 Å². The average molecular weight is 356 g/mol. The first-order chi connectivity index (χ1) is 9.97. The minimum absolute atomic E-state index is 0.0266. The van der Waals surface area contributed by atoms with Crippen molar-refractivity contribution in [2.75, 3.05) is 39.8 Å². The Morgan fingerprint density at radius 2 is 2.05 bits per heavy atom. The van der Waals surface area contributed by atoms with E-state index in [1.807, 2.05) is 30.0 Å². The topological polar surface area (TPSA) is 58.8 Å². The van der Waals surface area contributed by atoms with E-state index in [2.05, 4.69) is 27.9 Å². The van der Waals surface area contributed by atoms with E-state index in [4.69, 9.17) is 10.5 Å². The normalized spacial score (nSPS) is 17.6. The fourth-order valence-corrected chi connectivity index (χ4v) is 2.64. The predicted molar refractivity (Wildman–Crippen MR) is 86.3 cm³/mol. The van der Waals surface area contributed by atoms with Crippen molar-refractivity contribution in [3.8, 4) is 5.75 Å². The Labute approximate surface area is 134 Å². The van der Waals surface area contributed by atoms with Crippen molar-refractivity contribution >= 4 is 21.8 Å². The van der Waals surface area contributed by atoms with Crippen LogP contribution in [0.2, 0.25) is 0 Å². The third kappa shape index (κ3) is 4.43. The Bertz CT molecular complexity index is 500. The van der Waals surface area contributed by atoms with Gasteiger partial charge in [0.25, 0.3) is 5.91 Å². The number of benzene rings is 1. The van der Waals surface area contributed by atoms with Crippen LogP contribution in [0.5, 0.6) is 5.75 Å². The largest absolute Gasteiger partial charge is 0.483 e. The molecule has 1 fully saturated rings. The number of rotatable bonds is 4. The van der Waals surface area contributed by atoms with Gasteiger partial charge in [-0.2, -0.15) is 0 Å². The molecule has 6 heteroatoms. The number of hydrogen-bond acceptors (Lipinski definition) is 4. The standard InChI is InChI=1S/C15H22BrN3O2/c1-11(17)13-4-3-12(16)9-14(13)21-10-15(20)19-7-5-18(2)6-8-19/h3-4,9,11H,5-8,10,17H2,1-2H3/t11-/m0/s1. The van der Waals surface area contributed by atoms with Gasteiger partial charge in [0.2, 0.25) is 0 Å². The van der Waals surface area contributed by atoms with E-state index in [-0.39, 0.29) is 18.6 Å². The first kappa shape index (κ1) is 16.3. The molecule has 1 atom stereocenters. The van der Waals surface area contributed by atoms with E-state index >= 15 is 0 Å². The molecule has 0 saturated carbocycles. The lowest BCUT2D eigenvalue weighted by Crippen LogP contribution is -2.48. The first-order valence-corrected chi connectivity index (χ1v) is 7.91. The van der Waals surface area contributed by atoms with Crippen molar-refractivity contribution in [3.05, 3.63) is 28.2 Å². The Morgan fingerprint density at radius 3 is 2.67 bits per heavy atom. The Morgan fingerprint density at radius 1 is 1.38 bits per heavy atom. The summed E-state index contributed by atoms with van der Waals surface area (Å²) in [5.41, 5.74) is 6.84. The first-order valence-electron chi connectivity index (χ1n) is 7.11.